The number of nitrogens with one attached hydrogen (secondary N) is 2. The molecule has 0 spiro atoms. The molecule has 0 bridgehead atoms. The average Bonchev–Trinajstić information content (AvgIpc) is 2.80. The molecule has 3 N–H and O–H groups in total. The number of hydrogen-bond donors (Lipinski definition) is 3. The third-order valence-electron chi connectivity index (χ3n) is 3.17. The molecular weight excluding hydrogens is 296 g/mol. The van der Waals surface area contributed by atoms with Crippen LogP contribution in [0.25, 0.3) is 10.9 Å². The maximum absolute atomic E-state index is 9.90. The van der Waals surface area contributed by atoms with Gasteiger partial charge in [-0.2, -0.15) is 0 Å². The predicted octanol–water partition coefficient (Wildman–Crippen LogP) is 4.66. The van der Waals surface area contributed by atoms with Gasteiger partial charge in [-0.25, -0.2) is 0 Å². The number of aromatic amines is 1. The van der Waals surface area contributed by atoms with Crippen LogP contribution >= 0.6 is 12.2 Å². The van der Waals surface area contributed by atoms with E-state index < -0.39 is 0 Å². The van der Waals surface area contributed by atoms with Crippen molar-refractivity contribution in [3.8, 4) is 5.88 Å². The summed E-state index contributed by atoms with van der Waals surface area (Å²) < 4.78 is 0. The number of aromatic hydroxyl groups is 1. The highest BCUT2D eigenvalue weighted by atomic mass is 32.1. The Bertz CT molecular complexity index is 869. The molecule has 5 nitrogen and oxygen atoms in total. The van der Waals surface area contributed by atoms with Crippen molar-refractivity contribution < 1.29 is 5.11 Å². The smallest absolute Gasteiger partial charge is 0.218 e. The van der Waals surface area contributed by atoms with E-state index in [9.17, 15) is 5.11 Å². The molecule has 0 saturated carbocycles. The van der Waals surface area contributed by atoms with Gasteiger partial charge in [-0.15, -0.1) is 10.2 Å². The fourth-order valence-corrected chi connectivity index (χ4v) is 2.34. The van der Waals surface area contributed by atoms with E-state index in [2.05, 4.69) is 20.5 Å². The average molecular weight is 310 g/mol. The number of aromatic nitrogens is 1. The molecular formula is C16H14N4OS. The van der Waals surface area contributed by atoms with Crippen LogP contribution < -0.4 is 5.32 Å². The Hall–Kier alpha value is -2.73. The monoisotopic (exact) mass is 310 g/mol. The first kappa shape index (κ1) is 14.2. The zero-order valence-corrected chi connectivity index (χ0v) is 12.7. The van der Waals surface area contributed by atoms with Gasteiger partial charge < -0.3 is 15.4 Å². The van der Waals surface area contributed by atoms with Crippen LogP contribution in [0, 0.1) is 6.92 Å². The molecule has 3 rings (SSSR count). The van der Waals surface area contributed by atoms with E-state index in [1.54, 1.807) is 0 Å². The Labute approximate surface area is 132 Å². The number of azo groups is 1. The summed E-state index contributed by atoms with van der Waals surface area (Å²) in [5.74, 6) is -0.0247. The highest BCUT2D eigenvalue weighted by molar-refractivity contribution is 7.80. The standard InChI is InChI=1S/C16H14N4OS/c1-10-5-4-6-11(9-10)17-16(22)20-19-14-12-7-2-3-8-13(12)18-15(14)21/h2-9,18,21H,1H3,(H,17,22). The molecule has 0 fully saturated rings. The number of aryl methyl sites for hydroxylation is 1. The van der Waals surface area contributed by atoms with Crippen molar-refractivity contribution in [3.05, 3.63) is 54.1 Å². The summed E-state index contributed by atoms with van der Waals surface area (Å²) in [4.78, 5) is 2.85. The summed E-state index contributed by atoms with van der Waals surface area (Å²) in [6.45, 7) is 2.00. The molecule has 6 heteroatoms. The highest BCUT2D eigenvalue weighted by Crippen LogP contribution is 2.35. The quantitative estimate of drug-likeness (QED) is 0.476. The SMILES string of the molecule is Cc1cccc(NC(=S)N=Nc2c(O)[nH]c3ccccc23)c1. The summed E-state index contributed by atoms with van der Waals surface area (Å²) >= 11 is 5.16. The number of para-hydroxylation sites is 1. The first-order valence-corrected chi connectivity index (χ1v) is 7.13. The molecule has 0 radical (unpaired) electrons. The molecule has 3 aromatic rings. The van der Waals surface area contributed by atoms with Crippen LogP contribution in [0.1, 0.15) is 5.56 Å². The second-order valence-electron chi connectivity index (χ2n) is 4.87. The van der Waals surface area contributed by atoms with Gasteiger partial charge in [0.15, 0.2) is 5.69 Å². The molecule has 0 amide bonds. The molecule has 0 saturated heterocycles. The van der Waals surface area contributed by atoms with Crippen molar-refractivity contribution in [2.45, 2.75) is 6.92 Å². The third kappa shape index (κ3) is 2.96. The first-order valence-electron chi connectivity index (χ1n) is 6.72. The summed E-state index contributed by atoms with van der Waals surface area (Å²) in [5.41, 5.74) is 3.15. The first-order chi connectivity index (χ1) is 10.6. The minimum Gasteiger partial charge on any atom is -0.493 e. The van der Waals surface area contributed by atoms with Gasteiger partial charge in [0.25, 0.3) is 0 Å². The van der Waals surface area contributed by atoms with Crippen molar-refractivity contribution >= 4 is 39.6 Å². The fraction of sp³-hybridized carbons (Fsp3) is 0.0625. The van der Waals surface area contributed by atoms with Crippen LogP contribution in [0.4, 0.5) is 11.4 Å². The lowest BCUT2D eigenvalue weighted by atomic mass is 10.2. The number of anilines is 1. The van der Waals surface area contributed by atoms with E-state index in [0.29, 0.717) is 5.69 Å². The normalized spacial score (nSPS) is 11.1. The molecule has 0 aliphatic rings. The van der Waals surface area contributed by atoms with Gasteiger partial charge in [0, 0.05) is 11.1 Å². The maximum Gasteiger partial charge on any atom is 0.218 e. The van der Waals surface area contributed by atoms with Crippen molar-refractivity contribution in [3.63, 3.8) is 0 Å². The molecule has 1 aromatic heterocycles. The van der Waals surface area contributed by atoms with Crippen LogP contribution in [0.3, 0.4) is 0 Å². The number of hydrogen-bond acceptors (Lipinski definition) is 3. The van der Waals surface area contributed by atoms with E-state index >= 15 is 0 Å². The highest BCUT2D eigenvalue weighted by Gasteiger charge is 2.09. The Balaban J connectivity index is 1.81. The van der Waals surface area contributed by atoms with Crippen LogP contribution in [-0.4, -0.2) is 15.2 Å². The molecule has 0 atom stereocenters. The van der Waals surface area contributed by atoms with Crippen LogP contribution in [-0.2, 0) is 0 Å². The topological polar surface area (TPSA) is 72.8 Å². The van der Waals surface area contributed by atoms with E-state index in [1.165, 1.54) is 0 Å². The van der Waals surface area contributed by atoms with Crippen LogP contribution in [0.15, 0.2) is 58.8 Å². The van der Waals surface area contributed by atoms with Gasteiger partial charge in [0.05, 0.1) is 5.52 Å². The van der Waals surface area contributed by atoms with Crippen LogP contribution in [0.2, 0.25) is 0 Å². The van der Waals surface area contributed by atoms with Gasteiger partial charge >= 0.3 is 0 Å². The van der Waals surface area contributed by atoms with Gasteiger partial charge in [-0.05, 0) is 42.9 Å². The van der Waals surface area contributed by atoms with Crippen molar-refractivity contribution in [1.82, 2.24) is 4.98 Å². The fourth-order valence-electron chi connectivity index (χ4n) is 2.18. The van der Waals surface area contributed by atoms with E-state index in [0.717, 1.165) is 22.2 Å². The molecule has 2 aromatic carbocycles. The second kappa shape index (κ2) is 5.95. The lowest BCUT2D eigenvalue weighted by Gasteiger charge is -2.03. The zero-order valence-electron chi connectivity index (χ0n) is 11.9. The number of nitrogens with zero attached hydrogens (tertiary/aromatic N) is 2. The predicted molar refractivity (Wildman–Crippen MR) is 91.9 cm³/mol. The number of rotatable bonds is 2. The summed E-state index contributed by atoms with van der Waals surface area (Å²) in [6.07, 6.45) is 0. The Kier molecular flexibility index (Phi) is 3.84. The molecule has 1 heterocycles. The van der Waals surface area contributed by atoms with Crippen molar-refractivity contribution in [2.75, 3.05) is 5.32 Å². The van der Waals surface area contributed by atoms with Gasteiger partial charge in [0.1, 0.15) is 0 Å². The van der Waals surface area contributed by atoms with E-state index in [1.807, 2.05) is 55.5 Å². The van der Waals surface area contributed by atoms with Crippen molar-refractivity contribution in [1.29, 1.82) is 0 Å². The number of thiocarbonyl (C=S) groups is 1. The Morgan fingerprint density at radius 3 is 2.82 bits per heavy atom. The summed E-state index contributed by atoms with van der Waals surface area (Å²) in [6, 6.07) is 15.3. The van der Waals surface area contributed by atoms with E-state index in [-0.39, 0.29) is 11.0 Å². The Morgan fingerprint density at radius 1 is 1.18 bits per heavy atom. The van der Waals surface area contributed by atoms with Gasteiger partial charge in [-0.1, -0.05) is 30.3 Å². The minimum absolute atomic E-state index is 0.0247. The van der Waals surface area contributed by atoms with E-state index in [4.69, 9.17) is 12.2 Å². The minimum atomic E-state index is -0.0247. The molecule has 22 heavy (non-hydrogen) atoms. The molecule has 110 valence electrons. The number of benzene rings is 2. The maximum atomic E-state index is 9.90. The Morgan fingerprint density at radius 2 is 2.00 bits per heavy atom. The summed E-state index contributed by atoms with van der Waals surface area (Å²) in [7, 11) is 0. The van der Waals surface area contributed by atoms with Crippen molar-refractivity contribution in [2.24, 2.45) is 10.2 Å². The zero-order chi connectivity index (χ0) is 15.5. The largest absolute Gasteiger partial charge is 0.493 e. The van der Waals surface area contributed by atoms with Gasteiger partial charge in [0.2, 0.25) is 11.0 Å². The molecule has 0 aliphatic carbocycles. The summed E-state index contributed by atoms with van der Waals surface area (Å²) in [5, 5.41) is 21.9. The molecule has 0 aliphatic heterocycles. The van der Waals surface area contributed by atoms with Crippen LogP contribution in [0.5, 0.6) is 5.88 Å². The third-order valence-corrected chi connectivity index (χ3v) is 3.35. The molecule has 0 unspecified atom stereocenters. The lowest BCUT2D eigenvalue weighted by Crippen LogP contribution is -2.04. The lowest BCUT2D eigenvalue weighted by molar-refractivity contribution is 0.459. The number of H-pyrrole nitrogens is 1. The second-order valence-corrected chi connectivity index (χ2v) is 5.25. The number of fused-ring (bicyclic) bond motifs is 1. The van der Waals surface area contributed by atoms with Gasteiger partial charge in [-0.3, -0.25) is 0 Å².